The molecule has 0 aliphatic heterocycles. The summed E-state index contributed by atoms with van der Waals surface area (Å²) in [6, 6.07) is 27.7. The lowest BCUT2D eigenvalue weighted by Crippen LogP contribution is -2.38. The number of phenols is 2. The first-order chi connectivity index (χ1) is 18.1. The van der Waals surface area contributed by atoms with Crippen LogP contribution in [0.15, 0.2) is 84.9 Å². The Bertz CT molecular complexity index is 1340. The second-order valence-corrected chi connectivity index (χ2v) is 10.2. The van der Waals surface area contributed by atoms with Gasteiger partial charge in [0.25, 0.3) is 0 Å². The zero-order valence-electron chi connectivity index (χ0n) is 22.9. The van der Waals surface area contributed by atoms with Gasteiger partial charge in [-0.1, -0.05) is 78.4 Å². The number of benzene rings is 4. The highest BCUT2D eigenvalue weighted by Crippen LogP contribution is 2.35. The highest BCUT2D eigenvalue weighted by atomic mass is 16.4. The van der Waals surface area contributed by atoms with E-state index in [-0.39, 0.29) is 17.2 Å². The van der Waals surface area contributed by atoms with Gasteiger partial charge >= 0.3 is 5.97 Å². The molecule has 0 radical (unpaired) electrons. The molecule has 0 saturated carbocycles. The number of hydrogen-bond acceptors (Lipinski definition) is 4. The minimum atomic E-state index is -1.12. The summed E-state index contributed by atoms with van der Waals surface area (Å²) in [6.45, 7) is 12.1. The van der Waals surface area contributed by atoms with Crippen molar-refractivity contribution >= 4 is 16.7 Å². The molecule has 0 aromatic heterocycles. The van der Waals surface area contributed by atoms with Crippen LogP contribution < -0.4 is 0 Å². The van der Waals surface area contributed by atoms with Crippen LogP contribution in [0.4, 0.5) is 0 Å². The number of phenolic OH excluding ortho intramolecular Hbond substituents is 1. The monoisotopic (exact) mass is 513 g/mol. The number of carboxylic acids is 1. The van der Waals surface area contributed by atoms with Gasteiger partial charge in [0.1, 0.15) is 17.1 Å². The first kappa shape index (κ1) is 28.7. The van der Waals surface area contributed by atoms with Crippen molar-refractivity contribution in [1.82, 2.24) is 4.90 Å². The normalized spacial score (nSPS) is 12.0. The molecule has 0 unspecified atom stereocenters. The predicted molar refractivity (Wildman–Crippen MR) is 155 cm³/mol. The molecule has 1 atom stereocenters. The molecule has 0 aliphatic carbocycles. The van der Waals surface area contributed by atoms with E-state index in [1.165, 1.54) is 17.2 Å². The molecule has 0 aliphatic rings. The maximum atomic E-state index is 10.7. The molecule has 200 valence electrons. The van der Waals surface area contributed by atoms with Gasteiger partial charge in [-0.25, -0.2) is 4.79 Å². The lowest BCUT2D eigenvalue weighted by atomic mass is 9.87. The van der Waals surface area contributed by atoms with Crippen molar-refractivity contribution in [1.29, 1.82) is 0 Å². The number of fused-ring (bicyclic) bond motifs is 1. The van der Waals surface area contributed by atoms with E-state index < -0.39 is 5.97 Å². The van der Waals surface area contributed by atoms with Gasteiger partial charge in [-0.15, -0.1) is 0 Å². The Morgan fingerprint density at radius 3 is 2.08 bits per heavy atom. The molecule has 0 saturated heterocycles. The summed E-state index contributed by atoms with van der Waals surface area (Å²) < 4.78 is 0. The van der Waals surface area contributed by atoms with E-state index in [1.54, 1.807) is 18.2 Å². The molecule has 3 N–H and O–H groups in total. The van der Waals surface area contributed by atoms with Crippen LogP contribution in [0, 0.1) is 6.92 Å². The molecule has 4 aromatic carbocycles. The molecule has 0 spiro atoms. The largest absolute Gasteiger partial charge is 0.508 e. The third-order valence-electron chi connectivity index (χ3n) is 6.89. The third kappa shape index (κ3) is 7.14. The smallest absolute Gasteiger partial charge is 0.339 e. The number of nitrogens with zero attached hydrogens (tertiary/aromatic N) is 1. The lowest BCUT2D eigenvalue weighted by Gasteiger charge is -2.32. The van der Waals surface area contributed by atoms with E-state index in [0.717, 1.165) is 23.9 Å². The van der Waals surface area contributed by atoms with Gasteiger partial charge in [-0.3, -0.25) is 4.90 Å². The lowest BCUT2D eigenvalue weighted by molar-refractivity contribution is 0.0694. The highest BCUT2D eigenvalue weighted by Gasteiger charge is 2.21. The van der Waals surface area contributed by atoms with Gasteiger partial charge < -0.3 is 15.3 Å². The maximum absolute atomic E-state index is 10.7. The summed E-state index contributed by atoms with van der Waals surface area (Å²) in [5, 5.41) is 30.2. The summed E-state index contributed by atoms with van der Waals surface area (Å²) >= 11 is 0. The molecule has 0 bridgehead atoms. The van der Waals surface area contributed by atoms with Crippen LogP contribution in [-0.4, -0.2) is 44.8 Å². The van der Waals surface area contributed by atoms with Crippen LogP contribution in [-0.2, 0) is 0 Å². The molecule has 0 fully saturated rings. The first-order valence-corrected chi connectivity index (χ1v) is 13.1. The van der Waals surface area contributed by atoms with Gasteiger partial charge in [0.05, 0.1) is 0 Å². The van der Waals surface area contributed by atoms with Crippen molar-refractivity contribution in [2.45, 2.75) is 59.0 Å². The molecule has 5 nitrogen and oxygen atoms in total. The topological polar surface area (TPSA) is 81.0 Å². The molecule has 0 amide bonds. The second kappa shape index (κ2) is 13.1. The van der Waals surface area contributed by atoms with Crippen molar-refractivity contribution in [3.63, 3.8) is 0 Å². The maximum Gasteiger partial charge on any atom is 0.339 e. The Balaban J connectivity index is 0.000000241. The van der Waals surface area contributed by atoms with Crippen LogP contribution in [0.3, 0.4) is 0 Å². The van der Waals surface area contributed by atoms with E-state index >= 15 is 0 Å². The molecule has 5 heteroatoms. The highest BCUT2D eigenvalue weighted by molar-refractivity contribution is 6.00. The van der Waals surface area contributed by atoms with Crippen LogP contribution in [0.25, 0.3) is 10.8 Å². The predicted octanol–water partition coefficient (Wildman–Crippen LogP) is 7.59. The van der Waals surface area contributed by atoms with Crippen molar-refractivity contribution in [3.8, 4) is 11.5 Å². The van der Waals surface area contributed by atoms with Gasteiger partial charge in [0.15, 0.2) is 0 Å². The van der Waals surface area contributed by atoms with Crippen molar-refractivity contribution in [2.75, 3.05) is 6.54 Å². The number of hydrogen-bond donors (Lipinski definition) is 3. The molecule has 4 aromatic rings. The number of aryl methyl sites for hydroxylation is 1. The fourth-order valence-corrected chi connectivity index (χ4v) is 4.96. The van der Waals surface area contributed by atoms with Crippen LogP contribution >= 0.6 is 0 Å². The number of aromatic hydroxyl groups is 2. The minimum Gasteiger partial charge on any atom is -0.508 e. The van der Waals surface area contributed by atoms with Gasteiger partial charge in [-0.05, 0) is 70.7 Å². The van der Waals surface area contributed by atoms with Crippen LogP contribution in [0.1, 0.15) is 67.1 Å². The molecule has 4 rings (SSSR count). The Kier molecular flexibility index (Phi) is 9.91. The Labute approximate surface area is 226 Å². The number of rotatable bonds is 8. The molecule has 0 heterocycles. The third-order valence-corrected chi connectivity index (χ3v) is 6.89. The number of carboxylic acid groups (broad SMARTS) is 1. The van der Waals surface area contributed by atoms with E-state index in [0.29, 0.717) is 23.2 Å². The SMILES string of the molecule is Cc1ccc(O)c([C@H](CCN(C(C)C)C(C)C)c2ccccc2)c1.O=C(O)c1ccc2ccccc2c1O. The summed E-state index contributed by atoms with van der Waals surface area (Å²) in [7, 11) is 0. The zero-order chi connectivity index (χ0) is 27.8. The minimum absolute atomic E-state index is 0.0660. The van der Waals surface area contributed by atoms with Gasteiger partial charge in [-0.2, -0.15) is 0 Å². The zero-order valence-corrected chi connectivity index (χ0v) is 22.9. The number of carbonyl (C=O) groups is 1. The average Bonchev–Trinajstić information content (AvgIpc) is 2.89. The van der Waals surface area contributed by atoms with Gasteiger partial charge in [0.2, 0.25) is 0 Å². The Morgan fingerprint density at radius 1 is 0.816 bits per heavy atom. The summed E-state index contributed by atoms with van der Waals surface area (Å²) in [6.07, 6.45) is 0.997. The fraction of sp³-hybridized carbons (Fsp3) is 0.303. The first-order valence-electron chi connectivity index (χ1n) is 13.1. The van der Waals surface area contributed by atoms with Gasteiger partial charge in [0, 0.05) is 29.0 Å². The molecular formula is C33H39NO4. The quantitative estimate of drug-likeness (QED) is 0.226. The van der Waals surface area contributed by atoms with E-state index in [9.17, 15) is 15.0 Å². The van der Waals surface area contributed by atoms with E-state index in [1.807, 2.05) is 30.3 Å². The summed E-state index contributed by atoms with van der Waals surface area (Å²) in [5.74, 6) is -0.676. The van der Waals surface area contributed by atoms with E-state index in [2.05, 4.69) is 69.9 Å². The summed E-state index contributed by atoms with van der Waals surface area (Å²) in [5.41, 5.74) is 3.43. The van der Waals surface area contributed by atoms with Crippen molar-refractivity contribution in [3.05, 3.63) is 107 Å². The standard InChI is InChI=1S/C22H31NO.C11H8O3/c1-16(2)23(17(3)4)14-13-20(19-9-7-6-8-10-19)21-15-18(5)11-12-22(21)24;12-10-8-4-2-1-3-7(8)5-6-9(10)11(13)14/h6-12,15-17,20,24H,13-14H2,1-5H3;1-6,12H,(H,13,14)/t20-;/m1./s1. The second-order valence-electron chi connectivity index (χ2n) is 10.2. The molecule has 38 heavy (non-hydrogen) atoms. The Morgan fingerprint density at radius 2 is 1.45 bits per heavy atom. The Hall–Kier alpha value is -3.83. The van der Waals surface area contributed by atoms with Crippen LogP contribution in [0.5, 0.6) is 11.5 Å². The fourth-order valence-electron chi connectivity index (χ4n) is 4.96. The average molecular weight is 514 g/mol. The number of aromatic carboxylic acids is 1. The van der Waals surface area contributed by atoms with Crippen molar-refractivity contribution < 1.29 is 20.1 Å². The molecular weight excluding hydrogens is 474 g/mol. The van der Waals surface area contributed by atoms with Crippen molar-refractivity contribution in [2.24, 2.45) is 0 Å². The summed E-state index contributed by atoms with van der Waals surface area (Å²) in [4.78, 5) is 13.2. The van der Waals surface area contributed by atoms with Crippen LogP contribution in [0.2, 0.25) is 0 Å². The van der Waals surface area contributed by atoms with E-state index in [4.69, 9.17) is 5.11 Å².